The first-order valence-electron chi connectivity index (χ1n) is 4.78. The van der Waals surface area contributed by atoms with Crippen LogP contribution in [0.2, 0.25) is 18.6 Å². The highest BCUT2D eigenvalue weighted by molar-refractivity contribution is 7.19. The predicted molar refractivity (Wildman–Crippen MR) is 61.4 cm³/mol. The van der Waals surface area contributed by atoms with Crippen molar-refractivity contribution in [1.29, 1.82) is 0 Å². The van der Waals surface area contributed by atoms with Gasteiger partial charge in [0, 0.05) is 0 Å². The molecule has 0 fully saturated rings. The fourth-order valence-corrected chi connectivity index (χ4v) is 2.30. The van der Waals surface area contributed by atoms with Crippen LogP contribution in [0.15, 0.2) is 12.7 Å². The average Bonchev–Trinajstić information content (AvgIpc) is 1.96. The van der Waals surface area contributed by atoms with Crippen LogP contribution in [0, 0.1) is 0 Å². The number of unbranched alkanes of at least 4 members (excludes halogenated alkanes) is 2. The fraction of sp³-hybridized carbons (Fsp3) is 0.800. The second kappa shape index (κ2) is 5.82. The summed E-state index contributed by atoms with van der Waals surface area (Å²) >= 11 is 6.32. The first kappa shape index (κ1) is 12.2. The van der Waals surface area contributed by atoms with Crippen molar-refractivity contribution < 1.29 is 0 Å². The van der Waals surface area contributed by atoms with Crippen molar-refractivity contribution >= 4 is 18.5 Å². The molecule has 0 aliphatic carbocycles. The van der Waals surface area contributed by atoms with E-state index in [1.54, 1.807) is 0 Å². The lowest BCUT2D eigenvalue weighted by molar-refractivity contribution is 0.665. The number of halogens is 1. The smallest absolute Gasteiger partial charge is 0.153 e. The van der Waals surface area contributed by atoms with E-state index in [0.29, 0.717) is 0 Å². The summed E-state index contributed by atoms with van der Waals surface area (Å²) in [6.45, 7) is 10.5. The van der Waals surface area contributed by atoms with Crippen LogP contribution in [0.25, 0.3) is 0 Å². The van der Waals surface area contributed by atoms with Gasteiger partial charge in [0.05, 0.1) is 0 Å². The Hall–Kier alpha value is 0.247. The zero-order chi connectivity index (χ0) is 9.61. The molecule has 0 aromatic rings. The molecule has 0 saturated carbocycles. The van der Waals surface area contributed by atoms with Gasteiger partial charge in [0.1, 0.15) is 0 Å². The first-order chi connectivity index (χ1) is 5.48. The van der Waals surface area contributed by atoms with Gasteiger partial charge >= 0.3 is 0 Å². The average molecular weight is 205 g/mol. The summed E-state index contributed by atoms with van der Waals surface area (Å²) in [5.41, 5.74) is 0.740. The van der Waals surface area contributed by atoms with Crippen LogP contribution in [0.3, 0.4) is 0 Å². The van der Waals surface area contributed by atoms with Crippen LogP contribution in [0.4, 0.5) is 0 Å². The highest BCUT2D eigenvalue weighted by Gasteiger charge is 2.24. The lowest BCUT2D eigenvalue weighted by atomic mass is 10.1. The number of hydrogen-bond acceptors (Lipinski definition) is 0. The monoisotopic (exact) mass is 204 g/mol. The SMILES string of the molecule is C=CCCCCC(C)[Si](C)(C)Cl. The molecule has 1 unspecified atom stereocenters. The fourth-order valence-electron chi connectivity index (χ4n) is 1.08. The number of allylic oxidation sites excluding steroid dienone is 1. The Kier molecular flexibility index (Phi) is 5.94. The van der Waals surface area contributed by atoms with Crippen molar-refractivity contribution in [2.45, 2.75) is 51.2 Å². The van der Waals surface area contributed by atoms with Crippen molar-refractivity contribution in [3.05, 3.63) is 12.7 Å². The Morgan fingerprint density at radius 3 is 2.42 bits per heavy atom. The molecule has 0 aliphatic heterocycles. The first-order valence-corrected chi connectivity index (χ1v) is 8.87. The van der Waals surface area contributed by atoms with Gasteiger partial charge in [-0.3, -0.25) is 0 Å². The summed E-state index contributed by atoms with van der Waals surface area (Å²) in [5, 5.41) is 0. The van der Waals surface area contributed by atoms with Gasteiger partial charge in [-0.2, -0.15) is 11.1 Å². The van der Waals surface area contributed by atoms with Gasteiger partial charge in [-0.05, 0) is 18.4 Å². The lowest BCUT2D eigenvalue weighted by Gasteiger charge is -2.21. The highest BCUT2D eigenvalue weighted by atomic mass is 35.6. The lowest BCUT2D eigenvalue weighted by Crippen LogP contribution is -2.22. The molecule has 2 heteroatoms. The predicted octanol–water partition coefficient (Wildman–Crippen LogP) is 4.57. The van der Waals surface area contributed by atoms with Crippen molar-refractivity contribution in [2.75, 3.05) is 0 Å². The van der Waals surface area contributed by atoms with E-state index in [2.05, 4.69) is 26.6 Å². The van der Waals surface area contributed by atoms with Crippen molar-refractivity contribution in [3.63, 3.8) is 0 Å². The maximum absolute atomic E-state index is 6.32. The molecule has 12 heavy (non-hydrogen) atoms. The molecular weight excluding hydrogens is 184 g/mol. The molecule has 0 spiro atoms. The third kappa shape index (κ3) is 5.84. The van der Waals surface area contributed by atoms with Crippen LogP contribution in [0.1, 0.15) is 32.6 Å². The van der Waals surface area contributed by atoms with Gasteiger partial charge in [-0.1, -0.05) is 38.9 Å². The molecule has 0 radical (unpaired) electrons. The summed E-state index contributed by atoms with van der Waals surface area (Å²) < 4.78 is 0. The standard InChI is InChI=1S/C10H21ClSi/c1-5-6-7-8-9-10(2)12(3,4)11/h5,10H,1,6-9H2,2-4H3. The van der Waals surface area contributed by atoms with Crippen LogP contribution in [0.5, 0.6) is 0 Å². The maximum atomic E-state index is 6.32. The van der Waals surface area contributed by atoms with Gasteiger partial charge in [0.2, 0.25) is 0 Å². The van der Waals surface area contributed by atoms with Gasteiger partial charge < -0.3 is 0 Å². The minimum atomic E-state index is -1.37. The Morgan fingerprint density at radius 2 is 2.00 bits per heavy atom. The van der Waals surface area contributed by atoms with Crippen molar-refractivity contribution in [1.82, 2.24) is 0 Å². The Labute approximate surface area is 82.7 Å². The molecule has 1 atom stereocenters. The van der Waals surface area contributed by atoms with Gasteiger partial charge in [-0.15, -0.1) is 6.58 Å². The molecule has 0 aromatic heterocycles. The third-order valence-corrected chi connectivity index (χ3v) is 6.22. The second-order valence-electron chi connectivity index (χ2n) is 4.04. The quantitative estimate of drug-likeness (QED) is 0.258. The third-order valence-electron chi connectivity index (χ3n) is 2.47. The number of hydrogen-bond donors (Lipinski definition) is 0. The minimum absolute atomic E-state index is 0.740. The Morgan fingerprint density at radius 1 is 1.42 bits per heavy atom. The van der Waals surface area contributed by atoms with Crippen LogP contribution < -0.4 is 0 Å². The van der Waals surface area contributed by atoms with Crippen LogP contribution in [-0.4, -0.2) is 7.38 Å². The molecule has 72 valence electrons. The second-order valence-corrected chi connectivity index (χ2v) is 11.1. The molecule has 0 N–H and O–H groups in total. The van der Waals surface area contributed by atoms with Gasteiger partial charge in [0.25, 0.3) is 0 Å². The molecule has 0 heterocycles. The summed E-state index contributed by atoms with van der Waals surface area (Å²) in [4.78, 5) is 0. The molecule has 0 saturated heterocycles. The molecule has 0 nitrogen and oxygen atoms in total. The van der Waals surface area contributed by atoms with E-state index in [1.165, 1.54) is 19.3 Å². The topological polar surface area (TPSA) is 0 Å². The van der Waals surface area contributed by atoms with E-state index in [1.807, 2.05) is 6.08 Å². The van der Waals surface area contributed by atoms with Crippen LogP contribution >= 0.6 is 11.1 Å². The van der Waals surface area contributed by atoms with Crippen molar-refractivity contribution in [2.24, 2.45) is 0 Å². The summed E-state index contributed by atoms with van der Waals surface area (Å²) in [7, 11) is -1.37. The molecule has 0 aromatic carbocycles. The molecular formula is C10H21ClSi. The molecule has 0 amide bonds. The zero-order valence-electron chi connectivity index (χ0n) is 8.57. The molecule has 0 bridgehead atoms. The Bertz CT molecular complexity index is 126. The molecule has 0 aliphatic rings. The highest BCUT2D eigenvalue weighted by Crippen LogP contribution is 2.29. The molecule has 0 rings (SSSR count). The Balaban J connectivity index is 3.44. The van der Waals surface area contributed by atoms with E-state index in [0.717, 1.165) is 12.0 Å². The van der Waals surface area contributed by atoms with E-state index in [4.69, 9.17) is 11.1 Å². The normalized spacial score (nSPS) is 14.3. The van der Waals surface area contributed by atoms with E-state index >= 15 is 0 Å². The largest absolute Gasteiger partial charge is 0.167 e. The van der Waals surface area contributed by atoms with Crippen LogP contribution in [-0.2, 0) is 0 Å². The number of rotatable bonds is 6. The van der Waals surface area contributed by atoms with E-state index < -0.39 is 7.38 Å². The van der Waals surface area contributed by atoms with E-state index in [-0.39, 0.29) is 0 Å². The van der Waals surface area contributed by atoms with Gasteiger partial charge in [-0.25, -0.2) is 0 Å². The summed E-state index contributed by atoms with van der Waals surface area (Å²) in [6.07, 6.45) is 7.01. The summed E-state index contributed by atoms with van der Waals surface area (Å²) in [5.74, 6) is 0. The zero-order valence-corrected chi connectivity index (χ0v) is 10.3. The minimum Gasteiger partial charge on any atom is -0.167 e. The van der Waals surface area contributed by atoms with E-state index in [9.17, 15) is 0 Å². The maximum Gasteiger partial charge on any atom is 0.153 e. The van der Waals surface area contributed by atoms with Gasteiger partial charge in [0.15, 0.2) is 7.38 Å². The van der Waals surface area contributed by atoms with Crippen molar-refractivity contribution in [3.8, 4) is 0 Å². The summed E-state index contributed by atoms with van der Waals surface area (Å²) in [6, 6.07) is 0.